The lowest BCUT2D eigenvalue weighted by Gasteiger charge is -2.11. The zero-order valence-electron chi connectivity index (χ0n) is 9.93. The van der Waals surface area contributed by atoms with E-state index in [4.69, 9.17) is 14.9 Å². The smallest absolute Gasteiger partial charge is 0.119 e. The number of ether oxygens (including phenoxy) is 1. The Bertz CT molecular complexity index is 434. The molecule has 1 atom stereocenters. The van der Waals surface area contributed by atoms with Crippen molar-refractivity contribution >= 4 is 0 Å². The van der Waals surface area contributed by atoms with Crippen molar-refractivity contribution in [3.05, 3.63) is 54.0 Å². The zero-order chi connectivity index (χ0) is 12.1. The van der Waals surface area contributed by atoms with Gasteiger partial charge in [-0.15, -0.1) is 0 Å². The lowest BCUT2D eigenvalue weighted by atomic mass is 10.0. The number of hydrogen-bond donors (Lipinski definition) is 1. The Kier molecular flexibility index (Phi) is 3.83. The largest absolute Gasteiger partial charge is 0.494 e. The van der Waals surface area contributed by atoms with E-state index in [0.29, 0.717) is 0 Å². The van der Waals surface area contributed by atoms with Crippen LogP contribution in [0.15, 0.2) is 47.3 Å². The van der Waals surface area contributed by atoms with Gasteiger partial charge >= 0.3 is 0 Å². The SMILES string of the molecule is CCCOc1ccc(C(N)c2ccoc2)cc1. The minimum atomic E-state index is -0.144. The summed E-state index contributed by atoms with van der Waals surface area (Å²) in [6.07, 6.45) is 4.32. The molecule has 0 aliphatic heterocycles. The van der Waals surface area contributed by atoms with E-state index in [1.54, 1.807) is 12.5 Å². The molecule has 0 spiro atoms. The van der Waals surface area contributed by atoms with E-state index >= 15 is 0 Å². The molecule has 0 saturated heterocycles. The Morgan fingerprint density at radius 3 is 2.53 bits per heavy atom. The van der Waals surface area contributed by atoms with Gasteiger partial charge in [0.1, 0.15) is 5.75 Å². The molecule has 0 amide bonds. The fraction of sp³-hybridized carbons (Fsp3) is 0.286. The normalized spacial score (nSPS) is 12.4. The predicted molar refractivity (Wildman–Crippen MR) is 67.0 cm³/mol. The Morgan fingerprint density at radius 2 is 1.94 bits per heavy atom. The van der Waals surface area contributed by atoms with Gasteiger partial charge < -0.3 is 14.9 Å². The minimum Gasteiger partial charge on any atom is -0.494 e. The molecule has 90 valence electrons. The van der Waals surface area contributed by atoms with Crippen LogP contribution < -0.4 is 10.5 Å². The van der Waals surface area contributed by atoms with Crippen LogP contribution in [0.2, 0.25) is 0 Å². The standard InChI is InChI=1S/C14H17NO2/c1-2-8-17-13-5-3-11(4-6-13)14(15)12-7-9-16-10-12/h3-7,9-10,14H,2,8,15H2,1H3. The van der Waals surface area contributed by atoms with Crippen molar-refractivity contribution in [3.8, 4) is 5.75 Å². The van der Waals surface area contributed by atoms with Crippen molar-refractivity contribution in [2.45, 2.75) is 19.4 Å². The maximum Gasteiger partial charge on any atom is 0.119 e. The van der Waals surface area contributed by atoms with E-state index in [2.05, 4.69) is 6.92 Å². The summed E-state index contributed by atoms with van der Waals surface area (Å²) in [5.41, 5.74) is 8.14. The Labute approximate surface area is 101 Å². The maximum atomic E-state index is 6.11. The molecule has 0 radical (unpaired) electrons. The summed E-state index contributed by atoms with van der Waals surface area (Å²) in [6.45, 7) is 2.83. The second-order valence-electron chi connectivity index (χ2n) is 3.95. The van der Waals surface area contributed by atoms with Gasteiger partial charge in [-0.05, 0) is 30.2 Å². The van der Waals surface area contributed by atoms with Crippen LogP contribution in [-0.4, -0.2) is 6.61 Å². The van der Waals surface area contributed by atoms with Crippen LogP contribution in [0.1, 0.15) is 30.5 Å². The third-order valence-electron chi connectivity index (χ3n) is 2.61. The van der Waals surface area contributed by atoms with E-state index in [0.717, 1.165) is 29.9 Å². The molecule has 17 heavy (non-hydrogen) atoms. The van der Waals surface area contributed by atoms with Crippen LogP contribution in [-0.2, 0) is 0 Å². The van der Waals surface area contributed by atoms with Gasteiger partial charge in [-0.3, -0.25) is 0 Å². The topological polar surface area (TPSA) is 48.4 Å². The van der Waals surface area contributed by atoms with Crippen LogP contribution in [0.3, 0.4) is 0 Å². The summed E-state index contributed by atoms with van der Waals surface area (Å²) in [6, 6.07) is 9.61. The molecule has 2 N–H and O–H groups in total. The quantitative estimate of drug-likeness (QED) is 0.860. The molecule has 0 saturated carbocycles. The van der Waals surface area contributed by atoms with Crippen LogP contribution >= 0.6 is 0 Å². The molecule has 3 heteroatoms. The Balaban J connectivity index is 2.07. The fourth-order valence-corrected chi connectivity index (χ4v) is 1.64. The minimum absolute atomic E-state index is 0.144. The van der Waals surface area contributed by atoms with E-state index in [1.807, 2.05) is 30.3 Å². The molecule has 1 aromatic heterocycles. The molecule has 2 rings (SSSR count). The van der Waals surface area contributed by atoms with Crippen molar-refractivity contribution < 1.29 is 9.15 Å². The van der Waals surface area contributed by atoms with Gasteiger partial charge in [-0.1, -0.05) is 19.1 Å². The first-order valence-corrected chi connectivity index (χ1v) is 5.81. The second-order valence-corrected chi connectivity index (χ2v) is 3.95. The molecule has 3 nitrogen and oxygen atoms in total. The highest BCUT2D eigenvalue weighted by atomic mass is 16.5. The predicted octanol–water partition coefficient (Wildman–Crippen LogP) is 3.12. The third-order valence-corrected chi connectivity index (χ3v) is 2.61. The van der Waals surface area contributed by atoms with Crippen molar-refractivity contribution in [1.29, 1.82) is 0 Å². The van der Waals surface area contributed by atoms with Gasteiger partial charge in [0.15, 0.2) is 0 Å². The monoisotopic (exact) mass is 231 g/mol. The molecule has 0 fully saturated rings. The van der Waals surface area contributed by atoms with Crippen LogP contribution in [0.25, 0.3) is 0 Å². The number of furan rings is 1. The van der Waals surface area contributed by atoms with Gasteiger partial charge in [0.25, 0.3) is 0 Å². The average Bonchev–Trinajstić information content (AvgIpc) is 2.90. The van der Waals surface area contributed by atoms with E-state index in [9.17, 15) is 0 Å². The molecule has 0 aliphatic carbocycles. The molecule has 1 heterocycles. The number of benzene rings is 1. The van der Waals surface area contributed by atoms with E-state index in [-0.39, 0.29) is 6.04 Å². The number of hydrogen-bond acceptors (Lipinski definition) is 3. The first-order valence-electron chi connectivity index (χ1n) is 5.81. The van der Waals surface area contributed by atoms with Gasteiger partial charge in [-0.2, -0.15) is 0 Å². The summed E-state index contributed by atoms with van der Waals surface area (Å²) >= 11 is 0. The highest BCUT2D eigenvalue weighted by Gasteiger charge is 2.09. The Morgan fingerprint density at radius 1 is 1.18 bits per heavy atom. The molecular weight excluding hydrogens is 214 g/mol. The average molecular weight is 231 g/mol. The summed E-state index contributed by atoms with van der Waals surface area (Å²) in [7, 11) is 0. The van der Waals surface area contributed by atoms with Gasteiger partial charge in [0.05, 0.1) is 25.2 Å². The summed E-state index contributed by atoms with van der Waals surface area (Å²) < 4.78 is 10.6. The Hall–Kier alpha value is -1.74. The number of nitrogens with two attached hydrogens (primary N) is 1. The second kappa shape index (κ2) is 5.55. The molecule has 0 aliphatic rings. The summed E-state index contributed by atoms with van der Waals surface area (Å²) in [5, 5.41) is 0. The van der Waals surface area contributed by atoms with Crippen LogP contribution in [0, 0.1) is 0 Å². The zero-order valence-corrected chi connectivity index (χ0v) is 9.93. The third kappa shape index (κ3) is 2.88. The van der Waals surface area contributed by atoms with Crippen molar-refractivity contribution in [2.24, 2.45) is 5.73 Å². The van der Waals surface area contributed by atoms with Gasteiger partial charge in [-0.25, -0.2) is 0 Å². The van der Waals surface area contributed by atoms with Crippen molar-refractivity contribution in [3.63, 3.8) is 0 Å². The van der Waals surface area contributed by atoms with E-state index < -0.39 is 0 Å². The van der Waals surface area contributed by atoms with Gasteiger partial charge in [0, 0.05) is 5.56 Å². The summed E-state index contributed by atoms with van der Waals surface area (Å²) in [5.74, 6) is 0.884. The molecule has 1 aromatic carbocycles. The summed E-state index contributed by atoms with van der Waals surface area (Å²) in [4.78, 5) is 0. The molecule has 0 bridgehead atoms. The molecule has 2 aromatic rings. The lowest BCUT2D eigenvalue weighted by Crippen LogP contribution is -2.10. The first kappa shape index (κ1) is 11.7. The first-order chi connectivity index (χ1) is 8.31. The van der Waals surface area contributed by atoms with Crippen LogP contribution in [0.5, 0.6) is 5.75 Å². The number of rotatable bonds is 5. The molecule has 1 unspecified atom stereocenters. The van der Waals surface area contributed by atoms with Crippen molar-refractivity contribution in [1.82, 2.24) is 0 Å². The lowest BCUT2D eigenvalue weighted by molar-refractivity contribution is 0.317. The highest BCUT2D eigenvalue weighted by Crippen LogP contribution is 2.22. The van der Waals surface area contributed by atoms with Crippen LogP contribution in [0.4, 0.5) is 0 Å². The fourth-order valence-electron chi connectivity index (χ4n) is 1.64. The van der Waals surface area contributed by atoms with Crippen molar-refractivity contribution in [2.75, 3.05) is 6.61 Å². The molecular formula is C14H17NO2. The highest BCUT2D eigenvalue weighted by molar-refractivity contribution is 5.33. The maximum absolute atomic E-state index is 6.11. The van der Waals surface area contributed by atoms with Gasteiger partial charge in [0.2, 0.25) is 0 Å². The van der Waals surface area contributed by atoms with E-state index in [1.165, 1.54) is 0 Å².